The zero-order valence-electron chi connectivity index (χ0n) is 13.3. The zero-order chi connectivity index (χ0) is 16.3. The number of carbonyl (C=O) groups is 2. The highest BCUT2D eigenvalue weighted by Gasteiger charge is 2.33. The standard InChI is InChI=1S/C17H22ClNO3/c1-17(2,3)22-16(21)19-9-8-13(11-19)15(20)10-12-4-6-14(18)7-5-12/h4-7,13H,8-11H2,1-3H3. The van der Waals surface area contributed by atoms with Crippen molar-refractivity contribution in [2.75, 3.05) is 13.1 Å². The smallest absolute Gasteiger partial charge is 0.410 e. The minimum absolute atomic E-state index is 0.108. The molecule has 5 heteroatoms. The van der Waals surface area contributed by atoms with Crippen molar-refractivity contribution in [2.45, 2.75) is 39.2 Å². The molecule has 1 aromatic carbocycles. The van der Waals surface area contributed by atoms with Crippen molar-refractivity contribution < 1.29 is 14.3 Å². The van der Waals surface area contributed by atoms with Gasteiger partial charge in [-0.25, -0.2) is 4.79 Å². The number of benzene rings is 1. The van der Waals surface area contributed by atoms with E-state index in [0.29, 0.717) is 31.0 Å². The molecule has 1 amide bonds. The Balaban J connectivity index is 1.88. The first-order valence-electron chi connectivity index (χ1n) is 7.50. The third kappa shape index (κ3) is 4.73. The van der Waals surface area contributed by atoms with Crippen LogP contribution in [0.4, 0.5) is 4.79 Å². The predicted octanol–water partition coefficient (Wildman–Crippen LogP) is 3.71. The predicted molar refractivity (Wildman–Crippen MR) is 86.1 cm³/mol. The highest BCUT2D eigenvalue weighted by atomic mass is 35.5. The molecule has 0 spiro atoms. The van der Waals surface area contributed by atoms with Crippen LogP contribution in [0.5, 0.6) is 0 Å². The molecule has 4 nitrogen and oxygen atoms in total. The average molecular weight is 324 g/mol. The van der Waals surface area contributed by atoms with Crippen LogP contribution in [0, 0.1) is 5.92 Å². The molecule has 1 aromatic rings. The molecule has 2 rings (SSSR count). The average Bonchev–Trinajstić information content (AvgIpc) is 2.89. The first-order chi connectivity index (χ1) is 10.2. The molecule has 0 bridgehead atoms. The molecule has 1 aliphatic heterocycles. The van der Waals surface area contributed by atoms with Gasteiger partial charge in [0.1, 0.15) is 11.4 Å². The Kier molecular flexibility index (Phi) is 5.12. The van der Waals surface area contributed by atoms with Crippen molar-refractivity contribution in [3.8, 4) is 0 Å². The van der Waals surface area contributed by atoms with Crippen LogP contribution in [0.3, 0.4) is 0 Å². The Morgan fingerprint density at radius 2 is 1.91 bits per heavy atom. The van der Waals surface area contributed by atoms with Crippen LogP contribution in [-0.2, 0) is 16.0 Å². The molecule has 1 saturated heterocycles. The molecule has 0 N–H and O–H groups in total. The SMILES string of the molecule is CC(C)(C)OC(=O)N1CCC(C(=O)Cc2ccc(Cl)cc2)C1. The number of carbonyl (C=O) groups excluding carboxylic acids is 2. The van der Waals surface area contributed by atoms with Crippen molar-refractivity contribution in [1.29, 1.82) is 0 Å². The van der Waals surface area contributed by atoms with E-state index in [9.17, 15) is 9.59 Å². The molecular weight excluding hydrogens is 302 g/mol. The number of nitrogens with zero attached hydrogens (tertiary/aromatic N) is 1. The fourth-order valence-electron chi connectivity index (χ4n) is 2.46. The Hall–Kier alpha value is -1.55. The highest BCUT2D eigenvalue weighted by molar-refractivity contribution is 6.30. The highest BCUT2D eigenvalue weighted by Crippen LogP contribution is 2.22. The van der Waals surface area contributed by atoms with E-state index in [-0.39, 0.29) is 17.8 Å². The maximum absolute atomic E-state index is 12.3. The van der Waals surface area contributed by atoms with E-state index in [0.717, 1.165) is 5.56 Å². The number of halogens is 1. The monoisotopic (exact) mass is 323 g/mol. The van der Waals surface area contributed by atoms with Gasteiger partial charge in [0.15, 0.2) is 0 Å². The number of likely N-dealkylation sites (tertiary alicyclic amines) is 1. The Morgan fingerprint density at radius 1 is 1.27 bits per heavy atom. The van der Waals surface area contributed by atoms with Crippen LogP contribution in [-0.4, -0.2) is 35.5 Å². The van der Waals surface area contributed by atoms with E-state index in [1.807, 2.05) is 32.9 Å². The van der Waals surface area contributed by atoms with Gasteiger partial charge in [0.05, 0.1) is 0 Å². The number of ketones is 1. The largest absolute Gasteiger partial charge is 0.444 e. The first-order valence-corrected chi connectivity index (χ1v) is 7.87. The molecule has 1 fully saturated rings. The number of hydrogen-bond acceptors (Lipinski definition) is 3. The summed E-state index contributed by atoms with van der Waals surface area (Å²) in [6, 6.07) is 7.29. The van der Waals surface area contributed by atoms with E-state index < -0.39 is 5.60 Å². The van der Waals surface area contributed by atoms with Gasteiger partial charge in [-0.15, -0.1) is 0 Å². The van der Waals surface area contributed by atoms with E-state index in [2.05, 4.69) is 0 Å². The molecule has 1 heterocycles. The fourth-order valence-corrected chi connectivity index (χ4v) is 2.59. The topological polar surface area (TPSA) is 46.6 Å². The molecule has 0 saturated carbocycles. The van der Waals surface area contributed by atoms with Crippen molar-refractivity contribution in [3.63, 3.8) is 0 Å². The van der Waals surface area contributed by atoms with Crippen LogP contribution in [0.15, 0.2) is 24.3 Å². The van der Waals surface area contributed by atoms with Gasteiger partial charge in [-0.2, -0.15) is 0 Å². The van der Waals surface area contributed by atoms with Gasteiger partial charge in [0.2, 0.25) is 0 Å². The van der Waals surface area contributed by atoms with Crippen LogP contribution in [0.1, 0.15) is 32.8 Å². The molecule has 1 unspecified atom stereocenters. The van der Waals surface area contributed by atoms with Gasteiger partial charge in [0.25, 0.3) is 0 Å². The Bertz CT molecular complexity index is 548. The molecule has 120 valence electrons. The molecule has 1 aliphatic rings. The minimum atomic E-state index is -0.511. The Labute approximate surface area is 136 Å². The maximum Gasteiger partial charge on any atom is 0.410 e. The molecule has 1 atom stereocenters. The number of Topliss-reactive ketones (excluding diaryl/α,β-unsaturated/α-hetero) is 1. The zero-order valence-corrected chi connectivity index (χ0v) is 14.0. The molecule has 0 aromatic heterocycles. The summed E-state index contributed by atoms with van der Waals surface area (Å²) in [5.41, 5.74) is 0.438. The summed E-state index contributed by atoms with van der Waals surface area (Å²) in [6.45, 7) is 6.53. The normalized spacial score (nSPS) is 18.4. The van der Waals surface area contributed by atoms with E-state index in [1.165, 1.54) is 0 Å². The lowest BCUT2D eigenvalue weighted by atomic mass is 9.97. The summed E-state index contributed by atoms with van der Waals surface area (Å²) < 4.78 is 5.34. The van der Waals surface area contributed by atoms with Gasteiger partial charge in [-0.05, 0) is 44.9 Å². The Morgan fingerprint density at radius 3 is 2.50 bits per heavy atom. The van der Waals surface area contributed by atoms with Gasteiger partial charge >= 0.3 is 6.09 Å². The molecular formula is C17H22ClNO3. The van der Waals surface area contributed by atoms with Crippen LogP contribution in [0.2, 0.25) is 5.02 Å². The number of hydrogen-bond donors (Lipinski definition) is 0. The maximum atomic E-state index is 12.3. The second kappa shape index (κ2) is 6.69. The van der Waals surface area contributed by atoms with Crippen molar-refractivity contribution >= 4 is 23.5 Å². The van der Waals surface area contributed by atoms with Crippen molar-refractivity contribution in [3.05, 3.63) is 34.9 Å². The van der Waals surface area contributed by atoms with E-state index in [1.54, 1.807) is 17.0 Å². The van der Waals surface area contributed by atoms with E-state index >= 15 is 0 Å². The second-order valence-electron chi connectivity index (χ2n) is 6.68. The van der Waals surface area contributed by atoms with Gasteiger partial charge < -0.3 is 9.64 Å². The van der Waals surface area contributed by atoms with Crippen LogP contribution >= 0.6 is 11.6 Å². The lowest BCUT2D eigenvalue weighted by molar-refractivity contribution is -0.121. The summed E-state index contributed by atoms with van der Waals surface area (Å²) >= 11 is 5.84. The summed E-state index contributed by atoms with van der Waals surface area (Å²) in [7, 11) is 0. The molecule has 0 aliphatic carbocycles. The van der Waals surface area contributed by atoms with Crippen LogP contribution in [0.25, 0.3) is 0 Å². The van der Waals surface area contributed by atoms with Gasteiger partial charge in [0, 0.05) is 30.5 Å². The third-order valence-corrected chi connectivity index (χ3v) is 3.84. The summed E-state index contributed by atoms with van der Waals surface area (Å²) in [5.74, 6) is 0.0524. The number of ether oxygens (including phenoxy) is 1. The molecule has 22 heavy (non-hydrogen) atoms. The second-order valence-corrected chi connectivity index (χ2v) is 7.12. The minimum Gasteiger partial charge on any atom is -0.444 e. The third-order valence-electron chi connectivity index (χ3n) is 3.59. The quantitative estimate of drug-likeness (QED) is 0.852. The fraction of sp³-hybridized carbons (Fsp3) is 0.529. The molecule has 0 radical (unpaired) electrons. The van der Waals surface area contributed by atoms with Crippen LogP contribution < -0.4 is 0 Å². The summed E-state index contributed by atoms with van der Waals surface area (Å²) in [4.78, 5) is 26.0. The lowest BCUT2D eigenvalue weighted by Crippen LogP contribution is -2.36. The lowest BCUT2D eigenvalue weighted by Gasteiger charge is -2.24. The number of rotatable bonds is 3. The van der Waals surface area contributed by atoms with Crippen molar-refractivity contribution in [1.82, 2.24) is 4.90 Å². The van der Waals surface area contributed by atoms with Gasteiger partial charge in [-0.3, -0.25) is 4.79 Å². The van der Waals surface area contributed by atoms with E-state index in [4.69, 9.17) is 16.3 Å². The number of amides is 1. The van der Waals surface area contributed by atoms with Gasteiger partial charge in [-0.1, -0.05) is 23.7 Å². The summed E-state index contributed by atoms with van der Waals surface area (Å²) in [5, 5.41) is 0.660. The first kappa shape index (κ1) is 16.8. The summed E-state index contributed by atoms with van der Waals surface area (Å²) in [6.07, 6.45) is 0.740. The van der Waals surface area contributed by atoms with Crippen molar-refractivity contribution in [2.24, 2.45) is 5.92 Å².